The lowest BCUT2D eigenvalue weighted by atomic mass is 9.69. The average molecular weight is 337 g/mol. The molecule has 1 heterocycles. The summed E-state index contributed by atoms with van der Waals surface area (Å²) in [6, 6.07) is 10.5. The maximum Gasteiger partial charge on any atom is 0.321 e. The Morgan fingerprint density at radius 3 is 2.56 bits per heavy atom. The quantitative estimate of drug-likeness (QED) is 0.865. The molecule has 1 saturated heterocycles. The number of amides is 2. The molecule has 1 N–H and O–H groups in total. The van der Waals surface area contributed by atoms with Crippen molar-refractivity contribution in [3.8, 4) is 6.07 Å². The molecule has 25 heavy (non-hydrogen) atoms. The van der Waals surface area contributed by atoms with Crippen LogP contribution in [-0.4, -0.2) is 24.0 Å². The first-order chi connectivity index (χ1) is 12.1. The number of hydrogen-bond acceptors (Lipinski definition) is 2. The molecule has 1 aromatic carbocycles. The topological polar surface area (TPSA) is 56.1 Å². The van der Waals surface area contributed by atoms with Crippen LogP contribution in [0.2, 0.25) is 0 Å². The first-order valence-electron chi connectivity index (χ1n) is 9.38. The molecular formula is C21H27N3O. The van der Waals surface area contributed by atoms with Crippen molar-refractivity contribution in [2.75, 3.05) is 13.1 Å². The molecule has 1 aromatic rings. The van der Waals surface area contributed by atoms with Crippen molar-refractivity contribution in [3.05, 3.63) is 41.0 Å². The summed E-state index contributed by atoms with van der Waals surface area (Å²) in [5.74, 6) is 0. The summed E-state index contributed by atoms with van der Waals surface area (Å²) in [5.41, 5.74) is 3.38. The second-order valence-electron chi connectivity index (χ2n) is 7.44. The number of nitriles is 1. The van der Waals surface area contributed by atoms with Crippen LogP contribution in [0.15, 0.2) is 29.8 Å². The first kappa shape index (κ1) is 17.5. The number of carbonyl (C=O) groups excluding carboxylic acids is 1. The molecule has 0 radical (unpaired) electrons. The van der Waals surface area contributed by atoms with E-state index in [2.05, 4.69) is 31.3 Å². The van der Waals surface area contributed by atoms with Gasteiger partial charge in [-0.1, -0.05) is 51.0 Å². The summed E-state index contributed by atoms with van der Waals surface area (Å²) in [4.78, 5) is 14.8. The Morgan fingerprint density at radius 2 is 1.92 bits per heavy atom. The molecular weight excluding hydrogens is 310 g/mol. The molecule has 0 aromatic heterocycles. The number of rotatable bonds is 2. The zero-order valence-corrected chi connectivity index (χ0v) is 15.3. The molecule has 0 bridgehead atoms. The van der Waals surface area contributed by atoms with Crippen molar-refractivity contribution in [3.63, 3.8) is 0 Å². The molecule has 1 aliphatic carbocycles. The van der Waals surface area contributed by atoms with Gasteiger partial charge in [-0.05, 0) is 31.2 Å². The van der Waals surface area contributed by atoms with Crippen LogP contribution in [0.3, 0.4) is 0 Å². The van der Waals surface area contributed by atoms with E-state index in [1.807, 2.05) is 23.1 Å². The van der Waals surface area contributed by atoms with Crippen molar-refractivity contribution in [1.29, 1.82) is 5.26 Å². The van der Waals surface area contributed by atoms with E-state index >= 15 is 0 Å². The second kappa shape index (κ2) is 7.31. The number of benzene rings is 1. The van der Waals surface area contributed by atoms with Crippen LogP contribution >= 0.6 is 0 Å². The van der Waals surface area contributed by atoms with Crippen molar-refractivity contribution in [2.24, 2.45) is 5.41 Å². The van der Waals surface area contributed by atoms with E-state index in [9.17, 15) is 10.1 Å². The van der Waals surface area contributed by atoms with E-state index in [0.717, 1.165) is 44.3 Å². The van der Waals surface area contributed by atoms with Crippen molar-refractivity contribution < 1.29 is 4.79 Å². The van der Waals surface area contributed by atoms with Crippen molar-refractivity contribution in [2.45, 2.75) is 52.4 Å². The molecule has 1 atom stereocenters. The highest BCUT2D eigenvalue weighted by Gasteiger charge is 2.37. The Balaban J connectivity index is 1.97. The van der Waals surface area contributed by atoms with Crippen LogP contribution in [-0.2, 0) is 6.42 Å². The first-order valence-corrected chi connectivity index (χ1v) is 9.38. The highest BCUT2D eigenvalue weighted by atomic mass is 16.2. The summed E-state index contributed by atoms with van der Waals surface area (Å²) in [5, 5.41) is 13.0. The van der Waals surface area contributed by atoms with Gasteiger partial charge in [-0.25, -0.2) is 4.79 Å². The monoisotopic (exact) mass is 337 g/mol. The minimum absolute atomic E-state index is 0.0696. The molecule has 0 spiro atoms. The van der Waals surface area contributed by atoms with Gasteiger partial charge in [-0.15, -0.1) is 0 Å². The number of likely N-dealkylation sites (tertiary alicyclic amines) is 1. The van der Waals surface area contributed by atoms with Crippen LogP contribution in [0.5, 0.6) is 0 Å². The molecule has 4 heteroatoms. The van der Waals surface area contributed by atoms with Gasteiger partial charge in [0.25, 0.3) is 0 Å². The fourth-order valence-corrected chi connectivity index (χ4v) is 3.95. The van der Waals surface area contributed by atoms with E-state index in [0.29, 0.717) is 11.3 Å². The van der Waals surface area contributed by atoms with Gasteiger partial charge in [0.15, 0.2) is 0 Å². The van der Waals surface area contributed by atoms with Gasteiger partial charge < -0.3 is 10.2 Å². The Morgan fingerprint density at radius 1 is 1.24 bits per heavy atom. The molecule has 0 saturated carbocycles. The summed E-state index contributed by atoms with van der Waals surface area (Å²) in [6.07, 6.45) is 6.19. The van der Waals surface area contributed by atoms with E-state index in [-0.39, 0.29) is 11.4 Å². The fraction of sp³-hybridized carbons (Fsp3) is 0.524. The minimum Gasteiger partial charge on any atom is -0.325 e. The van der Waals surface area contributed by atoms with Crippen LogP contribution in [0.1, 0.15) is 57.1 Å². The maximum absolute atomic E-state index is 12.9. The fourth-order valence-electron chi connectivity index (χ4n) is 3.95. The van der Waals surface area contributed by atoms with Gasteiger partial charge in [-0.2, -0.15) is 5.26 Å². The second-order valence-corrected chi connectivity index (χ2v) is 7.44. The van der Waals surface area contributed by atoms with Crippen LogP contribution in [0.25, 0.3) is 5.70 Å². The smallest absolute Gasteiger partial charge is 0.321 e. The SMILES string of the molecule is CC[C@]1(C)Cc2ccccc2C(NC(=O)N2CCCCCC2)=C1C#N. The lowest BCUT2D eigenvalue weighted by Crippen LogP contribution is -2.41. The van der Waals surface area contributed by atoms with Gasteiger partial charge in [-0.3, -0.25) is 0 Å². The van der Waals surface area contributed by atoms with E-state index < -0.39 is 0 Å². The molecule has 4 nitrogen and oxygen atoms in total. The van der Waals surface area contributed by atoms with Crippen LogP contribution < -0.4 is 5.32 Å². The Hall–Kier alpha value is -2.28. The highest BCUT2D eigenvalue weighted by Crippen LogP contribution is 2.43. The van der Waals surface area contributed by atoms with E-state index in [1.54, 1.807) is 0 Å². The summed E-state index contributed by atoms with van der Waals surface area (Å²) in [7, 11) is 0. The maximum atomic E-state index is 12.9. The van der Waals surface area contributed by atoms with Crippen molar-refractivity contribution >= 4 is 11.7 Å². The molecule has 132 valence electrons. The molecule has 2 amide bonds. The summed E-state index contributed by atoms with van der Waals surface area (Å²) < 4.78 is 0. The van der Waals surface area contributed by atoms with E-state index in [1.165, 1.54) is 18.4 Å². The standard InChI is InChI=1S/C21H27N3O/c1-3-21(2)14-16-10-6-7-11-17(16)19(18(21)15-22)23-20(25)24-12-8-4-5-9-13-24/h6-7,10-11H,3-5,8-9,12-14H2,1-2H3,(H,23,25)/t21-/m1/s1. The minimum atomic E-state index is -0.232. The zero-order valence-electron chi connectivity index (χ0n) is 15.3. The van der Waals surface area contributed by atoms with E-state index in [4.69, 9.17) is 0 Å². The molecule has 3 rings (SSSR count). The number of urea groups is 1. The van der Waals surface area contributed by atoms with Gasteiger partial charge in [0.2, 0.25) is 0 Å². The predicted octanol–water partition coefficient (Wildman–Crippen LogP) is 4.48. The largest absolute Gasteiger partial charge is 0.325 e. The Bertz CT molecular complexity index is 723. The number of nitrogens with one attached hydrogen (secondary N) is 1. The van der Waals surface area contributed by atoms with Crippen LogP contribution in [0, 0.1) is 16.7 Å². The summed E-state index contributed by atoms with van der Waals surface area (Å²) in [6.45, 7) is 5.83. The van der Waals surface area contributed by atoms with Gasteiger partial charge in [0.05, 0.1) is 17.3 Å². The van der Waals surface area contributed by atoms with Crippen LogP contribution in [0.4, 0.5) is 4.79 Å². The van der Waals surface area contributed by atoms with Crippen molar-refractivity contribution in [1.82, 2.24) is 10.2 Å². The molecule has 1 fully saturated rings. The number of hydrogen-bond donors (Lipinski definition) is 1. The molecule has 1 aliphatic heterocycles. The average Bonchev–Trinajstić information content (AvgIpc) is 2.91. The predicted molar refractivity (Wildman–Crippen MR) is 99.6 cm³/mol. The normalized spacial score (nSPS) is 23.5. The Labute approximate surface area is 150 Å². The molecule has 2 aliphatic rings. The third kappa shape index (κ3) is 3.42. The lowest BCUT2D eigenvalue weighted by Gasteiger charge is -2.36. The number of nitrogens with zero attached hydrogens (tertiary/aromatic N) is 2. The van der Waals surface area contributed by atoms with Gasteiger partial charge in [0, 0.05) is 24.1 Å². The molecule has 0 unspecified atom stereocenters. The highest BCUT2D eigenvalue weighted by molar-refractivity contribution is 5.89. The third-order valence-corrected chi connectivity index (χ3v) is 5.74. The zero-order chi connectivity index (χ0) is 17.9. The third-order valence-electron chi connectivity index (χ3n) is 5.74. The Kier molecular flexibility index (Phi) is 5.13. The number of allylic oxidation sites excluding steroid dienone is 1. The van der Waals surface area contributed by atoms with Gasteiger partial charge in [0.1, 0.15) is 0 Å². The number of fused-ring (bicyclic) bond motifs is 1. The number of carbonyl (C=O) groups is 1. The van der Waals surface area contributed by atoms with Gasteiger partial charge >= 0.3 is 6.03 Å². The summed E-state index contributed by atoms with van der Waals surface area (Å²) >= 11 is 0. The lowest BCUT2D eigenvalue weighted by molar-refractivity contribution is 0.204.